The van der Waals surface area contributed by atoms with Gasteiger partial charge in [-0.2, -0.15) is 0 Å². The molecule has 0 aromatic carbocycles. The minimum absolute atomic E-state index is 0.0528. The number of carbonyl (C=O) groups excluding carboxylic acids is 6. The van der Waals surface area contributed by atoms with E-state index in [0.29, 0.717) is 5.57 Å². The average Bonchev–Trinajstić information content (AvgIpc) is 2.95. The maximum Gasteiger partial charge on any atom is 0.405 e. The Balaban J connectivity index is 2.66. The molecule has 0 aromatic heterocycles. The number of allylic oxidation sites excluding steroid dienone is 4. The Labute approximate surface area is 256 Å². The molecular formula is C31H41N3O10. The summed E-state index contributed by atoms with van der Waals surface area (Å²) in [5, 5.41) is 15.9. The first kappa shape index (κ1) is 36.0. The van der Waals surface area contributed by atoms with Gasteiger partial charge in [0.25, 0.3) is 11.8 Å². The summed E-state index contributed by atoms with van der Waals surface area (Å²) in [6.07, 6.45) is 2.59. The summed E-state index contributed by atoms with van der Waals surface area (Å²) in [5.74, 6) is -5.02. The Bertz CT molecular complexity index is 1340. The molecule has 5 N–H and O–H groups in total. The molecule has 3 amide bonds. The number of ether oxygens (including phenoxy) is 3. The van der Waals surface area contributed by atoms with E-state index in [-0.39, 0.29) is 35.4 Å². The zero-order valence-corrected chi connectivity index (χ0v) is 26.0. The lowest BCUT2D eigenvalue weighted by Crippen LogP contribution is -2.39. The summed E-state index contributed by atoms with van der Waals surface area (Å²) in [7, 11) is 2.82. The highest BCUT2D eigenvalue weighted by Gasteiger charge is 2.34. The number of rotatable bonds is 5. The molecule has 0 unspecified atom stereocenters. The summed E-state index contributed by atoms with van der Waals surface area (Å²) in [6.45, 7) is 7.70. The number of aliphatic hydroxyl groups excluding tert-OH is 1. The molecule has 44 heavy (non-hydrogen) atoms. The monoisotopic (exact) mass is 615 g/mol. The molecule has 1 heterocycles. The van der Waals surface area contributed by atoms with Crippen molar-refractivity contribution >= 4 is 35.3 Å². The third-order valence-corrected chi connectivity index (χ3v) is 7.35. The molecule has 0 aromatic rings. The van der Waals surface area contributed by atoms with Crippen molar-refractivity contribution in [2.75, 3.05) is 14.2 Å². The number of Topliss-reactive ketones (excluding diaryl/α,β-unsaturated/α-hetero) is 2. The zero-order valence-electron chi connectivity index (χ0n) is 26.0. The molecule has 0 spiro atoms. The lowest BCUT2D eigenvalue weighted by Gasteiger charge is -2.30. The van der Waals surface area contributed by atoms with Gasteiger partial charge in [0.1, 0.15) is 6.10 Å². The van der Waals surface area contributed by atoms with Gasteiger partial charge in [-0.1, -0.05) is 38.2 Å². The fourth-order valence-electron chi connectivity index (χ4n) is 4.92. The maximum atomic E-state index is 13.6. The minimum Gasteiger partial charge on any atom is -0.439 e. The normalized spacial score (nSPS) is 27.5. The Morgan fingerprint density at radius 2 is 1.75 bits per heavy atom. The van der Waals surface area contributed by atoms with Crippen LogP contribution in [0.5, 0.6) is 0 Å². The van der Waals surface area contributed by atoms with E-state index in [2.05, 4.69) is 10.6 Å². The lowest BCUT2D eigenvalue weighted by atomic mass is 9.85. The molecule has 240 valence electrons. The number of primary amides is 1. The van der Waals surface area contributed by atoms with E-state index in [0.717, 1.165) is 13.0 Å². The fraction of sp³-hybridized carbons (Fsp3) is 0.484. The second kappa shape index (κ2) is 16.0. The quantitative estimate of drug-likeness (QED) is 0.199. The number of hydrogen-bond donors (Lipinski definition) is 4. The number of hydrogen-bond acceptors (Lipinski definition) is 10. The average molecular weight is 616 g/mol. The highest BCUT2D eigenvalue weighted by molar-refractivity contribution is 6.37. The molecule has 13 heteroatoms. The van der Waals surface area contributed by atoms with Crippen LogP contribution in [0, 0.1) is 11.8 Å². The minimum atomic E-state index is -1.07. The van der Waals surface area contributed by atoms with Crippen LogP contribution in [0.15, 0.2) is 58.5 Å². The van der Waals surface area contributed by atoms with Crippen molar-refractivity contribution in [1.29, 1.82) is 0 Å². The Hall–Kier alpha value is -4.20. The van der Waals surface area contributed by atoms with E-state index in [1.54, 1.807) is 26.8 Å². The van der Waals surface area contributed by atoms with Gasteiger partial charge in [0.2, 0.25) is 17.3 Å². The predicted octanol–water partition coefficient (Wildman–Crippen LogP) is 1.47. The predicted molar refractivity (Wildman–Crippen MR) is 158 cm³/mol. The number of amides is 3. The summed E-state index contributed by atoms with van der Waals surface area (Å²) < 4.78 is 16.5. The highest BCUT2D eigenvalue weighted by atomic mass is 16.6. The van der Waals surface area contributed by atoms with Crippen LogP contribution >= 0.6 is 0 Å². The third kappa shape index (κ3) is 9.40. The number of methoxy groups -OCH3 is 2. The number of carbonyl (C=O) groups is 6. The van der Waals surface area contributed by atoms with E-state index < -0.39 is 71.5 Å². The first-order valence-corrected chi connectivity index (χ1v) is 14.0. The van der Waals surface area contributed by atoms with Crippen molar-refractivity contribution < 1.29 is 48.1 Å². The van der Waals surface area contributed by atoms with Crippen molar-refractivity contribution in [3.8, 4) is 0 Å². The van der Waals surface area contributed by atoms with Gasteiger partial charge >= 0.3 is 6.09 Å². The van der Waals surface area contributed by atoms with Crippen LogP contribution in [-0.2, 0) is 38.2 Å². The van der Waals surface area contributed by atoms with E-state index in [4.69, 9.17) is 19.9 Å². The van der Waals surface area contributed by atoms with Crippen LogP contribution in [0.3, 0.4) is 0 Å². The number of nitrogens with two attached hydrogens (primary N) is 1. The summed E-state index contributed by atoms with van der Waals surface area (Å²) in [6, 6.07) is 0. The van der Waals surface area contributed by atoms with Gasteiger partial charge < -0.3 is 35.7 Å². The van der Waals surface area contributed by atoms with E-state index in [1.807, 2.05) is 0 Å². The van der Waals surface area contributed by atoms with Gasteiger partial charge in [0, 0.05) is 44.3 Å². The number of nitrogens with one attached hydrogen (secondary N) is 2. The van der Waals surface area contributed by atoms with Gasteiger partial charge in [-0.25, -0.2) is 4.79 Å². The second-order valence-electron chi connectivity index (χ2n) is 10.9. The Morgan fingerprint density at radius 3 is 2.32 bits per heavy atom. The molecule has 1 aliphatic carbocycles. The molecule has 0 radical (unpaired) electrons. The first-order chi connectivity index (χ1) is 20.6. The second-order valence-corrected chi connectivity index (χ2v) is 10.9. The summed E-state index contributed by atoms with van der Waals surface area (Å²) in [5.41, 5.74) is 5.25. The van der Waals surface area contributed by atoms with Gasteiger partial charge in [-0.3, -0.25) is 24.0 Å². The van der Waals surface area contributed by atoms with Gasteiger partial charge in [-0.15, -0.1) is 0 Å². The van der Waals surface area contributed by atoms with Crippen molar-refractivity contribution in [1.82, 2.24) is 10.6 Å². The van der Waals surface area contributed by atoms with Crippen LogP contribution in [-0.4, -0.2) is 79.0 Å². The molecule has 6 atom stereocenters. The first-order valence-electron chi connectivity index (χ1n) is 14.0. The molecule has 13 nitrogen and oxygen atoms in total. The zero-order chi connectivity index (χ0) is 33.3. The van der Waals surface area contributed by atoms with Crippen molar-refractivity contribution in [2.24, 2.45) is 17.6 Å². The Morgan fingerprint density at radius 1 is 1.09 bits per heavy atom. The fourth-order valence-corrected chi connectivity index (χ4v) is 4.92. The molecule has 0 saturated heterocycles. The van der Waals surface area contributed by atoms with Crippen LogP contribution in [0.1, 0.15) is 47.5 Å². The topological polar surface area (TPSA) is 200 Å². The maximum absolute atomic E-state index is 13.6. The highest BCUT2D eigenvalue weighted by Crippen LogP contribution is 2.29. The summed E-state index contributed by atoms with van der Waals surface area (Å²) >= 11 is 0. The van der Waals surface area contributed by atoms with Crippen LogP contribution < -0.4 is 16.4 Å². The van der Waals surface area contributed by atoms with Gasteiger partial charge in [-0.05, 0) is 38.2 Å². The number of aliphatic hydroxyl groups is 1. The van der Waals surface area contributed by atoms with Gasteiger partial charge in [0.15, 0.2) is 6.10 Å². The molecule has 0 saturated carbocycles. The molecule has 2 rings (SSSR count). The van der Waals surface area contributed by atoms with E-state index in [9.17, 15) is 33.9 Å². The Kier molecular flexibility index (Phi) is 13.1. The number of ketones is 3. The van der Waals surface area contributed by atoms with Crippen LogP contribution in [0.25, 0.3) is 0 Å². The van der Waals surface area contributed by atoms with E-state index in [1.165, 1.54) is 39.4 Å². The standard InChI is InChI=1S/C31H41N3O10/c1-15-11-20-25(34-30(40)19(5)35)22(36)14-21(27(20)38)33-29(39)16(2)9-8-10-23(42-6)28(44-31(32)41)18(4)13-17(3)26(37)24(12-15)43-7/h8-10,13-15,17,23-24,26,28,37H,11-12H2,1-7H3,(H2,32,41)(H,33,39)(H,34,40)/t15-,17+,23+,24+,26-,28+/m1/s1. The molecule has 2 bridgehead atoms. The van der Waals surface area contributed by atoms with Crippen LogP contribution in [0.4, 0.5) is 4.79 Å². The molecule has 0 fully saturated rings. The molecular weight excluding hydrogens is 574 g/mol. The van der Waals surface area contributed by atoms with Crippen molar-refractivity contribution in [3.05, 3.63) is 58.5 Å². The largest absolute Gasteiger partial charge is 0.439 e. The SMILES string of the molecule is CO[C@H]1C=CC=C(C)C(=O)NC2=CC(=O)C(NC(=O)C(C)=O)=C(C[C@@H](C)C[C@H](OC)[C@H](O)[C@@H](C)C=C(C)[C@@H]1OC(N)=O)C2=O. The number of fused-ring (bicyclic) bond motifs is 2. The molecule has 1 aliphatic heterocycles. The third-order valence-electron chi connectivity index (χ3n) is 7.35. The van der Waals surface area contributed by atoms with E-state index >= 15 is 0 Å². The summed E-state index contributed by atoms with van der Waals surface area (Å²) in [4.78, 5) is 75.1. The lowest BCUT2D eigenvalue weighted by molar-refractivity contribution is -0.136. The van der Waals surface area contributed by atoms with Crippen molar-refractivity contribution in [2.45, 2.75) is 71.9 Å². The van der Waals surface area contributed by atoms with Crippen molar-refractivity contribution in [3.63, 3.8) is 0 Å². The smallest absolute Gasteiger partial charge is 0.405 e. The van der Waals surface area contributed by atoms with Crippen LogP contribution in [0.2, 0.25) is 0 Å². The van der Waals surface area contributed by atoms with Gasteiger partial charge in [0.05, 0.1) is 23.6 Å². The molecule has 2 aliphatic rings.